The van der Waals surface area contributed by atoms with Crippen LogP contribution in [-0.2, 0) is 16.1 Å². The number of thiazole rings is 1. The Balaban J connectivity index is 1.10. The van der Waals surface area contributed by atoms with Gasteiger partial charge in [-0.15, -0.1) is 11.3 Å². The van der Waals surface area contributed by atoms with Crippen LogP contribution in [0.25, 0.3) is 22.2 Å². The van der Waals surface area contributed by atoms with Gasteiger partial charge in [-0.1, -0.05) is 36.4 Å². The van der Waals surface area contributed by atoms with Crippen molar-refractivity contribution in [3.63, 3.8) is 0 Å². The molecule has 2 aromatic heterocycles. The third-order valence-corrected chi connectivity index (χ3v) is 7.44. The fourth-order valence-corrected chi connectivity index (χ4v) is 5.36. The molecule has 0 radical (unpaired) electrons. The average Bonchev–Trinajstić information content (AvgIpc) is 3.25. The number of hydrogen-bond acceptors (Lipinski definition) is 5. The molecule has 2 N–H and O–H groups in total. The summed E-state index contributed by atoms with van der Waals surface area (Å²) in [5, 5.41) is 6.57. The lowest BCUT2D eigenvalue weighted by molar-refractivity contribution is -0.120. The van der Waals surface area contributed by atoms with Gasteiger partial charge in [0.05, 0.1) is 5.69 Å². The predicted molar refractivity (Wildman–Crippen MR) is 136 cm³/mol. The summed E-state index contributed by atoms with van der Waals surface area (Å²) in [6.07, 6.45) is 3.44. The summed E-state index contributed by atoms with van der Waals surface area (Å²) in [4.78, 5) is 35.3. The standard InChI is InChI=1S/C27H26N4O3S/c32-25(24-7-4-12-31(24)27(33)34-15-17-5-2-1-3-6-17)30-26-29-23(16-35-26)19-10-11-21-20(13-19)14-22(28-21)18-8-9-18/h1-3,5-6,10-11,13-14,16,18,24,28H,4,7-9,12,15H2,(H,29,30,32)/t24-/m1/s1. The minimum atomic E-state index is -0.553. The third-order valence-electron chi connectivity index (χ3n) is 6.68. The lowest BCUT2D eigenvalue weighted by Gasteiger charge is -2.22. The fraction of sp³-hybridized carbons (Fsp3) is 0.296. The van der Waals surface area contributed by atoms with Gasteiger partial charge in [0.25, 0.3) is 0 Å². The summed E-state index contributed by atoms with van der Waals surface area (Å²) >= 11 is 1.39. The summed E-state index contributed by atoms with van der Waals surface area (Å²) in [6, 6.07) is 17.5. The summed E-state index contributed by atoms with van der Waals surface area (Å²) < 4.78 is 5.45. The maximum absolute atomic E-state index is 13.0. The molecule has 2 fully saturated rings. The molecule has 1 saturated carbocycles. The number of aromatic nitrogens is 2. The fourth-order valence-electron chi connectivity index (χ4n) is 4.64. The van der Waals surface area contributed by atoms with E-state index in [-0.39, 0.29) is 12.5 Å². The van der Waals surface area contributed by atoms with E-state index in [4.69, 9.17) is 4.74 Å². The minimum absolute atomic E-state index is 0.188. The molecule has 35 heavy (non-hydrogen) atoms. The van der Waals surface area contributed by atoms with E-state index >= 15 is 0 Å². The molecule has 4 aromatic rings. The number of carbonyl (C=O) groups is 2. The summed E-state index contributed by atoms with van der Waals surface area (Å²) in [7, 11) is 0. The molecule has 1 saturated heterocycles. The predicted octanol–water partition coefficient (Wildman–Crippen LogP) is 5.91. The van der Waals surface area contributed by atoms with Crippen molar-refractivity contribution in [1.82, 2.24) is 14.9 Å². The van der Waals surface area contributed by atoms with E-state index in [1.54, 1.807) is 0 Å². The van der Waals surface area contributed by atoms with Crippen LogP contribution < -0.4 is 5.32 Å². The van der Waals surface area contributed by atoms with Gasteiger partial charge in [0.2, 0.25) is 5.91 Å². The number of nitrogens with zero attached hydrogens (tertiary/aromatic N) is 2. The zero-order chi connectivity index (χ0) is 23.8. The highest BCUT2D eigenvalue weighted by atomic mass is 32.1. The van der Waals surface area contributed by atoms with Gasteiger partial charge in [-0.2, -0.15) is 0 Å². The highest BCUT2D eigenvalue weighted by Crippen LogP contribution is 2.41. The number of rotatable bonds is 6. The molecule has 8 heteroatoms. The summed E-state index contributed by atoms with van der Waals surface area (Å²) in [5.41, 5.74) is 5.21. The number of likely N-dealkylation sites (tertiary alicyclic amines) is 1. The smallest absolute Gasteiger partial charge is 0.410 e. The molecule has 0 bridgehead atoms. The Hall–Kier alpha value is -3.65. The van der Waals surface area contributed by atoms with E-state index in [1.165, 1.54) is 40.2 Å². The Morgan fingerprint density at radius 2 is 1.97 bits per heavy atom. The van der Waals surface area contributed by atoms with Gasteiger partial charge in [-0.25, -0.2) is 9.78 Å². The second-order valence-electron chi connectivity index (χ2n) is 9.22. The quantitative estimate of drug-likeness (QED) is 0.355. The van der Waals surface area contributed by atoms with Gasteiger partial charge in [0, 0.05) is 34.1 Å². The number of ether oxygens (including phenoxy) is 1. The van der Waals surface area contributed by atoms with Crippen LogP contribution in [0.4, 0.5) is 9.93 Å². The molecule has 7 nitrogen and oxygen atoms in total. The zero-order valence-electron chi connectivity index (χ0n) is 19.2. The monoisotopic (exact) mass is 486 g/mol. The van der Waals surface area contributed by atoms with E-state index in [1.807, 2.05) is 35.7 Å². The van der Waals surface area contributed by atoms with Crippen LogP contribution in [0, 0.1) is 0 Å². The van der Waals surface area contributed by atoms with Gasteiger partial charge in [-0.05, 0) is 55.4 Å². The van der Waals surface area contributed by atoms with Crippen molar-refractivity contribution in [3.8, 4) is 11.3 Å². The third kappa shape index (κ3) is 4.66. The van der Waals surface area contributed by atoms with Crippen molar-refractivity contribution in [2.24, 2.45) is 0 Å². The summed E-state index contributed by atoms with van der Waals surface area (Å²) in [5.74, 6) is 0.452. The normalized spacial score (nSPS) is 17.6. The van der Waals surface area contributed by atoms with Crippen LogP contribution >= 0.6 is 11.3 Å². The number of hydrogen-bond donors (Lipinski definition) is 2. The average molecular weight is 487 g/mol. The van der Waals surface area contributed by atoms with Gasteiger partial charge in [-0.3, -0.25) is 9.69 Å². The number of carbonyl (C=O) groups excluding carboxylic acids is 2. The van der Waals surface area contributed by atoms with Crippen LogP contribution in [0.15, 0.2) is 60.0 Å². The van der Waals surface area contributed by atoms with E-state index in [9.17, 15) is 9.59 Å². The topological polar surface area (TPSA) is 87.3 Å². The number of amides is 2. The Kier molecular flexibility index (Phi) is 5.74. The first-order valence-corrected chi connectivity index (χ1v) is 12.9. The van der Waals surface area contributed by atoms with Crippen molar-refractivity contribution in [3.05, 3.63) is 71.2 Å². The van der Waals surface area contributed by atoms with Crippen LogP contribution in [0.3, 0.4) is 0 Å². The number of nitrogens with one attached hydrogen (secondary N) is 2. The van der Waals surface area contributed by atoms with E-state index in [0.29, 0.717) is 24.0 Å². The number of fused-ring (bicyclic) bond motifs is 1. The van der Waals surface area contributed by atoms with Crippen molar-refractivity contribution in [1.29, 1.82) is 0 Å². The molecule has 6 rings (SSSR count). The second kappa shape index (κ2) is 9.19. The number of aromatic amines is 1. The molecule has 1 aliphatic carbocycles. The molecule has 0 spiro atoms. The molecular formula is C27H26N4O3S. The van der Waals surface area contributed by atoms with Crippen LogP contribution in [-0.4, -0.2) is 39.5 Å². The molecule has 3 heterocycles. The van der Waals surface area contributed by atoms with Crippen molar-refractivity contribution < 1.29 is 14.3 Å². The van der Waals surface area contributed by atoms with Gasteiger partial charge in [0.15, 0.2) is 5.13 Å². The maximum atomic E-state index is 13.0. The number of benzene rings is 2. The highest BCUT2D eigenvalue weighted by Gasteiger charge is 2.35. The molecule has 2 aromatic carbocycles. The number of H-pyrrole nitrogens is 1. The first-order chi connectivity index (χ1) is 17.1. The largest absolute Gasteiger partial charge is 0.445 e. The molecule has 1 atom stereocenters. The van der Waals surface area contributed by atoms with Crippen LogP contribution in [0.5, 0.6) is 0 Å². The van der Waals surface area contributed by atoms with Gasteiger partial charge < -0.3 is 15.0 Å². The first-order valence-electron chi connectivity index (χ1n) is 12.0. The molecule has 2 amide bonds. The van der Waals surface area contributed by atoms with Crippen molar-refractivity contribution in [2.45, 2.75) is 44.2 Å². The highest BCUT2D eigenvalue weighted by molar-refractivity contribution is 7.14. The second-order valence-corrected chi connectivity index (χ2v) is 10.1. The minimum Gasteiger partial charge on any atom is -0.445 e. The SMILES string of the molecule is O=C(Nc1nc(-c2ccc3[nH]c(C4CC4)cc3c2)cs1)[C@H]1CCCN1C(=O)OCc1ccccc1. The first kappa shape index (κ1) is 21.9. The Bertz CT molecular complexity index is 1380. The molecule has 0 unspecified atom stereocenters. The Morgan fingerprint density at radius 1 is 1.11 bits per heavy atom. The molecule has 178 valence electrons. The lowest BCUT2D eigenvalue weighted by atomic mass is 10.1. The lowest BCUT2D eigenvalue weighted by Crippen LogP contribution is -2.43. The number of anilines is 1. The van der Waals surface area contributed by atoms with Crippen molar-refractivity contribution in [2.75, 3.05) is 11.9 Å². The van der Waals surface area contributed by atoms with Gasteiger partial charge >= 0.3 is 6.09 Å². The molecule has 1 aliphatic heterocycles. The molecular weight excluding hydrogens is 460 g/mol. The van der Waals surface area contributed by atoms with E-state index in [2.05, 4.69) is 39.6 Å². The Morgan fingerprint density at radius 3 is 2.80 bits per heavy atom. The molecule has 2 aliphatic rings. The van der Waals surface area contributed by atoms with E-state index < -0.39 is 12.1 Å². The van der Waals surface area contributed by atoms with Crippen LogP contribution in [0.2, 0.25) is 0 Å². The van der Waals surface area contributed by atoms with Gasteiger partial charge in [0.1, 0.15) is 12.6 Å². The Labute approximate surface area is 207 Å². The maximum Gasteiger partial charge on any atom is 0.410 e. The van der Waals surface area contributed by atoms with Crippen LogP contribution in [0.1, 0.15) is 42.9 Å². The van der Waals surface area contributed by atoms with E-state index in [0.717, 1.165) is 28.8 Å². The van der Waals surface area contributed by atoms with Crippen molar-refractivity contribution >= 4 is 39.4 Å². The summed E-state index contributed by atoms with van der Waals surface area (Å²) in [6.45, 7) is 0.697. The zero-order valence-corrected chi connectivity index (χ0v) is 20.0.